The summed E-state index contributed by atoms with van der Waals surface area (Å²) in [5.74, 6) is 2.67. The number of likely N-dealkylation sites (tertiary alicyclic amines) is 1. The number of imidazole rings is 1. The number of rotatable bonds is 4. The largest absolute Gasteiger partial charge is 0.465 e. The van der Waals surface area contributed by atoms with Gasteiger partial charge in [0.1, 0.15) is 34.4 Å². The molecule has 2 aromatic carbocycles. The van der Waals surface area contributed by atoms with Gasteiger partial charge in [0.05, 0.1) is 0 Å². The molecule has 1 fully saturated rings. The highest BCUT2D eigenvalue weighted by atomic mass is 16.5. The van der Waals surface area contributed by atoms with E-state index in [4.69, 9.17) is 15.5 Å². The normalized spacial score (nSPS) is 16.2. The number of fused-ring (bicyclic) bond motifs is 1. The van der Waals surface area contributed by atoms with Crippen LogP contribution >= 0.6 is 0 Å². The summed E-state index contributed by atoms with van der Waals surface area (Å²) >= 11 is 0. The number of benzene rings is 2. The Kier molecular flexibility index (Phi) is 5.10. The zero-order chi connectivity index (χ0) is 22.1. The van der Waals surface area contributed by atoms with E-state index in [1.165, 1.54) is 4.90 Å². The van der Waals surface area contributed by atoms with E-state index in [0.717, 1.165) is 46.9 Å². The Bertz CT molecular complexity index is 1250. The van der Waals surface area contributed by atoms with Crippen LogP contribution in [0.1, 0.15) is 24.6 Å². The molecule has 2 aromatic heterocycles. The van der Waals surface area contributed by atoms with Crippen molar-refractivity contribution in [2.75, 3.05) is 18.8 Å². The molecule has 4 aromatic rings. The molecule has 0 spiro atoms. The third kappa shape index (κ3) is 3.71. The molecule has 0 bridgehead atoms. The van der Waals surface area contributed by atoms with Crippen molar-refractivity contribution in [3.63, 3.8) is 0 Å². The topological polar surface area (TPSA) is 106 Å². The number of amides is 1. The maximum atomic E-state index is 11.5. The van der Waals surface area contributed by atoms with Crippen LogP contribution in [0, 0.1) is 0 Å². The minimum Gasteiger partial charge on any atom is -0.465 e. The van der Waals surface area contributed by atoms with Gasteiger partial charge in [0.25, 0.3) is 0 Å². The zero-order valence-electron chi connectivity index (χ0n) is 17.4. The fourth-order valence-corrected chi connectivity index (χ4v) is 4.24. The minimum absolute atomic E-state index is 0.0106. The van der Waals surface area contributed by atoms with E-state index in [9.17, 15) is 9.90 Å². The zero-order valence-corrected chi connectivity index (χ0v) is 17.4. The molecular weight excluding hydrogens is 406 g/mol. The van der Waals surface area contributed by atoms with E-state index in [-0.39, 0.29) is 5.92 Å². The van der Waals surface area contributed by atoms with Crippen molar-refractivity contribution in [2.24, 2.45) is 0 Å². The molecule has 8 nitrogen and oxygen atoms in total. The number of nitrogens with zero attached hydrogens (tertiary/aromatic N) is 4. The molecule has 0 saturated carbocycles. The van der Waals surface area contributed by atoms with Gasteiger partial charge in [0, 0.05) is 37.0 Å². The summed E-state index contributed by atoms with van der Waals surface area (Å²) in [7, 11) is 0. The summed E-state index contributed by atoms with van der Waals surface area (Å²) in [5.41, 5.74) is 8.59. The van der Waals surface area contributed by atoms with Gasteiger partial charge in [-0.05, 0) is 49.2 Å². The molecule has 3 heterocycles. The molecule has 0 aliphatic carbocycles. The molecule has 1 aliphatic rings. The van der Waals surface area contributed by atoms with Crippen LogP contribution in [0.25, 0.3) is 16.8 Å². The van der Waals surface area contributed by atoms with Crippen molar-refractivity contribution in [1.82, 2.24) is 19.3 Å². The molecular formula is C24H23N5O3. The fourth-order valence-electron chi connectivity index (χ4n) is 4.24. The quantitative estimate of drug-likeness (QED) is 0.490. The van der Waals surface area contributed by atoms with Crippen LogP contribution in [0.4, 0.5) is 10.6 Å². The molecule has 3 N–H and O–H groups in total. The van der Waals surface area contributed by atoms with E-state index in [2.05, 4.69) is 4.98 Å². The van der Waals surface area contributed by atoms with Gasteiger partial charge in [-0.15, -0.1) is 0 Å². The number of carboxylic acid groups (broad SMARTS) is 1. The molecule has 1 saturated heterocycles. The Morgan fingerprint density at radius 1 is 1.09 bits per heavy atom. The lowest BCUT2D eigenvalue weighted by Gasteiger charge is -2.29. The number of nitrogen functional groups attached to an aromatic ring is 1. The molecule has 0 radical (unpaired) electrons. The van der Waals surface area contributed by atoms with Gasteiger partial charge in [-0.1, -0.05) is 18.2 Å². The van der Waals surface area contributed by atoms with Gasteiger partial charge < -0.3 is 20.5 Å². The van der Waals surface area contributed by atoms with E-state index < -0.39 is 6.09 Å². The summed E-state index contributed by atoms with van der Waals surface area (Å²) in [4.78, 5) is 22.1. The number of para-hydroxylation sites is 1. The lowest BCUT2D eigenvalue weighted by atomic mass is 9.97. The standard InChI is InChI=1S/C24H23N5O3/c25-22-21-20(16-8-10-19(11-9-16)32-18-6-2-1-3-7-18)27-23(29(21)14-12-26-22)17-5-4-13-28(15-17)24(30)31/h1-3,6-12,14,17H,4-5,13,15H2,(H2,25,26)(H,30,31)/t17-/m1/s1. The van der Waals surface area contributed by atoms with E-state index in [1.807, 2.05) is 65.2 Å². The third-order valence-electron chi connectivity index (χ3n) is 5.77. The Hall–Kier alpha value is -4.07. The number of ether oxygens (including phenoxy) is 1. The summed E-state index contributed by atoms with van der Waals surface area (Å²) in [6, 6.07) is 17.3. The van der Waals surface area contributed by atoms with Crippen molar-refractivity contribution in [2.45, 2.75) is 18.8 Å². The Morgan fingerprint density at radius 2 is 1.84 bits per heavy atom. The summed E-state index contributed by atoms with van der Waals surface area (Å²) in [6.45, 7) is 0.967. The van der Waals surface area contributed by atoms with Crippen LogP contribution in [0.5, 0.6) is 11.5 Å². The van der Waals surface area contributed by atoms with Gasteiger partial charge in [-0.3, -0.25) is 4.40 Å². The first-order valence-corrected chi connectivity index (χ1v) is 10.5. The monoisotopic (exact) mass is 429 g/mol. The molecule has 162 valence electrons. The molecule has 1 amide bonds. The first kappa shape index (κ1) is 19.9. The number of aromatic nitrogens is 3. The highest BCUT2D eigenvalue weighted by Crippen LogP contribution is 2.34. The van der Waals surface area contributed by atoms with Crippen LogP contribution in [-0.2, 0) is 0 Å². The SMILES string of the molecule is Nc1nccn2c([C@@H]3CCCN(C(=O)O)C3)nc(-c3ccc(Oc4ccccc4)cc3)c12. The van der Waals surface area contributed by atoms with E-state index >= 15 is 0 Å². The highest BCUT2D eigenvalue weighted by Gasteiger charge is 2.29. The first-order valence-electron chi connectivity index (χ1n) is 10.5. The predicted octanol–water partition coefficient (Wildman–Crippen LogP) is 4.63. The minimum atomic E-state index is -0.897. The van der Waals surface area contributed by atoms with Gasteiger partial charge in [-0.25, -0.2) is 14.8 Å². The first-order chi connectivity index (χ1) is 15.6. The Balaban J connectivity index is 1.51. The predicted molar refractivity (Wildman–Crippen MR) is 121 cm³/mol. The molecule has 1 aliphatic heterocycles. The Labute approximate surface area is 184 Å². The molecule has 32 heavy (non-hydrogen) atoms. The number of carbonyl (C=O) groups is 1. The van der Waals surface area contributed by atoms with Crippen molar-refractivity contribution in [3.05, 3.63) is 72.8 Å². The maximum Gasteiger partial charge on any atom is 0.407 e. The van der Waals surface area contributed by atoms with Gasteiger partial charge >= 0.3 is 6.09 Å². The smallest absolute Gasteiger partial charge is 0.407 e. The van der Waals surface area contributed by atoms with Gasteiger partial charge in [0.15, 0.2) is 0 Å². The third-order valence-corrected chi connectivity index (χ3v) is 5.77. The van der Waals surface area contributed by atoms with Crippen LogP contribution < -0.4 is 10.5 Å². The number of nitrogens with two attached hydrogens (primary N) is 1. The van der Waals surface area contributed by atoms with Crippen LogP contribution in [0.15, 0.2) is 67.0 Å². The second-order valence-corrected chi connectivity index (χ2v) is 7.86. The Morgan fingerprint density at radius 3 is 2.59 bits per heavy atom. The average molecular weight is 429 g/mol. The van der Waals surface area contributed by atoms with Crippen molar-refractivity contribution in [3.8, 4) is 22.8 Å². The maximum absolute atomic E-state index is 11.5. The number of piperidine rings is 1. The van der Waals surface area contributed by atoms with Crippen LogP contribution in [-0.4, -0.2) is 43.6 Å². The second-order valence-electron chi connectivity index (χ2n) is 7.86. The van der Waals surface area contributed by atoms with E-state index in [1.54, 1.807) is 6.20 Å². The summed E-state index contributed by atoms with van der Waals surface area (Å²) < 4.78 is 7.84. The van der Waals surface area contributed by atoms with Crippen molar-refractivity contribution >= 4 is 17.4 Å². The highest BCUT2D eigenvalue weighted by molar-refractivity contribution is 5.85. The lowest BCUT2D eigenvalue weighted by Crippen LogP contribution is -2.38. The van der Waals surface area contributed by atoms with Crippen LogP contribution in [0.2, 0.25) is 0 Å². The van der Waals surface area contributed by atoms with Gasteiger partial charge in [0.2, 0.25) is 0 Å². The van der Waals surface area contributed by atoms with Crippen molar-refractivity contribution < 1.29 is 14.6 Å². The second kappa shape index (κ2) is 8.22. The summed E-state index contributed by atoms with van der Waals surface area (Å²) in [5, 5.41) is 9.43. The van der Waals surface area contributed by atoms with Gasteiger partial charge in [-0.2, -0.15) is 0 Å². The molecule has 8 heteroatoms. The number of anilines is 1. The number of hydrogen-bond donors (Lipinski definition) is 2. The number of hydrogen-bond acceptors (Lipinski definition) is 5. The van der Waals surface area contributed by atoms with E-state index in [0.29, 0.717) is 18.9 Å². The van der Waals surface area contributed by atoms with Crippen LogP contribution in [0.3, 0.4) is 0 Å². The molecule has 0 unspecified atom stereocenters. The lowest BCUT2D eigenvalue weighted by molar-refractivity contribution is 0.129. The fraction of sp³-hybridized carbons (Fsp3) is 0.208. The average Bonchev–Trinajstić information content (AvgIpc) is 3.21. The molecule has 5 rings (SSSR count). The summed E-state index contributed by atoms with van der Waals surface area (Å²) in [6.07, 6.45) is 4.25. The van der Waals surface area contributed by atoms with Crippen molar-refractivity contribution in [1.29, 1.82) is 0 Å². The molecule has 1 atom stereocenters.